The molecule has 0 fully saturated rings. The van der Waals surface area contributed by atoms with Crippen molar-refractivity contribution in [3.8, 4) is 0 Å². The fraction of sp³-hybridized carbons (Fsp3) is 0.250. The lowest BCUT2D eigenvalue weighted by atomic mass is 10.6. The molecule has 8 heavy (non-hydrogen) atoms. The Kier molecular flexibility index (Phi) is 0.947. The van der Waals surface area contributed by atoms with E-state index in [2.05, 4.69) is 15.1 Å². The van der Waals surface area contributed by atoms with Gasteiger partial charge in [0.15, 0.2) is 5.82 Å². The summed E-state index contributed by atoms with van der Waals surface area (Å²) < 4.78 is 4.11. The Hall–Kier alpha value is -0.220. The maximum atomic E-state index is 4.11. The van der Waals surface area contributed by atoms with Crippen LogP contribution in [-0.2, 0) is 0 Å². The molecule has 1 aromatic heterocycles. The van der Waals surface area contributed by atoms with Crippen LogP contribution < -0.4 is 5.32 Å². The van der Waals surface area contributed by atoms with Crippen LogP contribution in [0.1, 0.15) is 0 Å². The number of hydrogen-bond acceptors (Lipinski definition) is 4. The second-order valence-electron chi connectivity index (χ2n) is 1.49. The second kappa shape index (κ2) is 1.63. The largest absolute Gasteiger partial charge is 0.359 e. The molecule has 1 aliphatic rings. The molecule has 0 aliphatic carbocycles. The summed E-state index contributed by atoms with van der Waals surface area (Å²) in [5.41, 5.74) is 0. The molecule has 0 unspecified atom stereocenters. The molecule has 1 N–H and O–H groups in total. The van der Waals surface area contributed by atoms with Gasteiger partial charge in [0, 0.05) is 5.38 Å². The van der Waals surface area contributed by atoms with Crippen molar-refractivity contribution < 1.29 is 0 Å². The molecular formula is C4H4N2S2. The van der Waals surface area contributed by atoms with Crippen LogP contribution in [-0.4, -0.2) is 10.3 Å². The van der Waals surface area contributed by atoms with Crippen molar-refractivity contribution in [1.82, 2.24) is 4.37 Å². The van der Waals surface area contributed by atoms with E-state index >= 15 is 0 Å². The zero-order valence-corrected chi connectivity index (χ0v) is 5.68. The normalized spacial score (nSPS) is 15.5. The van der Waals surface area contributed by atoms with Gasteiger partial charge >= 0.3 is 0 Å². The number of nitrogens with one attached hydrogen (secondary N) is 1. The maximum Gasteiger partial charge on any atom is 0.154 e. The summed E-state index contributed by atoms with van der Waals surface area (Å²) in [6, 6.07) is 0. The van der Waals surface area contributed by atoms with E-state index in [9.17, 15) is 0 Å². The van der Waals surface area contributed by atoms with Crippen LogP contribution in [0, 0.1) is 0 Å². The molecule has 0 atom stereocenters. The summed E-state index contributed by atoms with van der Waals surface area (Å²) in [5, 5.41) is 5.21. The fourth-order valence-electron chi connectivity index (χ4n) is 0.632. The van der Waals surface area contributed by atoms with Gasteiger partial charge in [0.25, 0.3) is 0 Å². The first-order valence-corrected chi connectivity index (χ1v) is 4.10. The Balaban J connectivity index is 2.54. The van der Waals surface area contributed by atoms with Crippen molar-refractivity contribution in [1.29, 1.82) is 0 Å². The fourth-order valence-corrected chi connectivity index (χ4v) is 2.24. The predicted octanol–water partition coefficient (Wildman–Crippen LogP) is 1.62. The molecule has 2 rings (SSSR count). The minimum Gasteiger partial charge on any atom is -0.359 e. The first-order valence-electron chi connectivity index (χ1n) is 2.28. The zero-order valence-electron chi connectivity index (χ0n) is 4.05. The van der Waals surface area contributed by atoms with Crippen molar-refractivity contribution in [2.45, 2.75) is 4.90 Å². The van der Waals surface area contributed by atoms with Crippen LogP contribution in [0.15, 0.2) is 10.3 Å². The van der Waals surface area contributed by atoms with Crippen molar-refractivity contribution in [2.24, 2.45) is 0 Å². The average molecular weight is 144 g/mol. The van der Waals surface area contributed by atoms with E-state index in [1.54, 1.807) is 0 Å². The number of thioether (sulfide) groups is 1. The summed E-state index contributed by atoms with van der Waals surface area (Å²) in [6.07, 6.45) is 0. The molecule has 1 aromatic rings. The molecule has 0 amide bonds. The monoisotopic (exact) mass is 144 g/mol. The molecule has 0 radical (unpaired) electrons. The second-order valence-corrected chi connectivity index (χ2v) is 3.14. The van der Waals surface area contributed by atoms with E-state index in [1.807, 2.05) is 11.8 Å². The number of rotatable bonds is 0. The quantitative estimate of drug-likeness (QED) is 0.599. The van der Waals surface area contributed by atoms with Gasteiger partial charge < -0.3 is 5.32 Å². The van der Waals surface area contributed by atoms with Crippen LogP contribution in [0.2, 0.25) is 0 Å². The Bertz CT molecular complexity index is 177. The van der Waals surface area contributed by atoms with Crippen molar-refractivity contribution >= 4 is 29.1 Å². The van der Waals surface area contributed by atoms with E-state index in [-0.39, 0.29) is 0 Å². The minimum absolute atomic E-state index is 0.991. The lowest BCUT2D eigenvalue weighted by Crippen LogP contribution is -1.87. The SMILES string of the molecule is c1snc2c1SCN2. The molecule has 0 spiro atoms. The highest BCUT2D eigenvalue weighted by atomic mass is 32.2. The lowest BCUT2D eigenvalue weighted by molar-refractivity contribution is 1.38. The standard InChI is InChI=1S/C4H4N2S2/c1-3-4(6-8-1)5-2-7-3/h1H,2H2,(H,5,6). The van der Waals surface area contributed by atoms with E-state index < -0.39 is 0 Å². The molecule has 2 heterocycles. The Morgan fingerprint density at radius 3 is 3.62 bits per heavy atom. The summed E-state index contributed by atoms with van der Waals surface area (Å²) in [4.78, 5) is 1.30. The number of anilines is 1. The highest BCUT2D eigenvalue weighted by Crippen LogP contribution is 2.33. The van der Waals surface area contributed by atoms with Crippen LogP contribution in [0.25, 0.3) is 0 Å². The van der Waals surface area contributed by atoms with E-state index in [4.69, 9.17) is 0 Å². The molecular weight excluding hydrogens is 140 g/mol. The summed E-state index contributed by atoms with van der Waals surface area (Å²) in [6.45, 7) is 0. The van der Waals surface area contributed by atoms with Crippen molar-refractivity contribution in [3.63, 3.8) is 0 Å². The summed E-state index contributed by atoms with van der Waals surface area (Å²) >= 11 is 3.32. The minimum atomic E-state index is 0.991. The van der Waals surface area contributed by atoms with Gasteiger partial charge in [-0.25, -0.2) is 0 Å². The van der Waals surface area contributed by atoms with Crippen molar-refractivity contribution in [3.05, 3.63) is 5.38 Å². The van der Waals surface area contributed by atoms with Crippen molar-refractivity contribution in [2.75, 3.05) is 11.2 Å². The first kappa shape index (κ1) is 4.64. The zero-order chi connectivity index (χ0) is 5.40. The number of fused-ring (bicyclic) bond motifs is 1. The van der Waals surface area contributed by atoms with Gasteiger partial charge in [-0.15, -0.1) is 0 Å². The predicted molar refractivity (Wildman–Crippen MR) is 36.5 cm³/mol. The van der Waals surface area contributed by atoms with Gasteiger partial charge in [-0.2, -0.15) is 4.37 Å². The van der Waals surface area contributed by atoms with E-state index in [0.29, 0.717) is 0 Å². The van der Waals surface area contributed by atoms with Crippen LogP contribution >= 0.6 is 23.3 Å². The third kappa shape index (κ3) is 0.530. The Labute approximate surface area is 55.5 Å². The number of nitrogens with zero attached hydrogens (tertiary/aromatic N) is 1. The summed E-state index contributed by atoms with van der Waals surface area (Å²) in [7, 11) is 0. The topological polar surface area (TPSA) is 24.9 Å². The van der Waals surface area contributed by atoms with E-state index in [0.717, 1.165) is 11.7 Å². The van der Waals surface area contributed by atoms with Gasteiger partial charge in [-0.1, -0.05) is 11.8 Å². The molecule has 0 aromatic carbocycles. The highest BCUT2D eigenvalue weighted by molar-refractivity contribution is 8.00. The molecule has 42 valence electrons. The van der Waals surface area contributed by atoms with Gasteiger partial charge in [-0.3, -0.25) is 0 Å². The third-order valence-corrected chi connectivity index (χ3v) is 2.69. The number of aromatic nitrogens is 1. The molecule has 0 saturated heterocycles. The lowest BCUT2D eigenvalue weighted by Gasteiger charge is -1.83. The van der Waals surface area contributed by atoms with E-state index in [1.165, 1.54) is 16.4 Å². The molecule has 2 nitrogen and oxygen atoms in total. The van der Waals surface area contributed by atoms with Gasteiger partial charge in [0.1, 0.15) is 0 Å². The first-order chi connectivity index (χ1) is 3.97. The average Bonchev–Trinajstić information content (AvgIpc) is 2.15. The molecule has 0 bridgehead atoms. The van der Waals surface area contributed by atoms with Gasteiger partial charge in [0.05, 0.1) is 10.8 Å². The number of hydrogen-bond donors (Lipinski definition) is 1. The summed E-state index contributed by atoms with van der Waals surface area (Å²) in [5.74, 6) is 2.06. The Morgan fingerprint density at radius 1 is 1.75 bits per heavy atom. The maximum absolute atomic E-state index is 4.11. The molecule has 4 heteroatoms. The molecule has 0 saturated carbocycles. The highest BCUT2D eigenvalue weighted by Gasteiger charge is 2.11. The molecule has 1 aliphatic heterocycles. The van der Waals surface area contributed by atoms with Crippen LogP contribution in [0.3, 0.4) is 0 Å². The smallest absolute Gasteiger partial charge is 0.154 e. The Morgan fingerprint density at radius 2 is 2.75 bits per heavy atom. The van der Waals surface area contributed by atoms with Gasteiger partial charge in [0.2, 0.25) is 0 Å². The third-order valence-electron chi connectivity index (χ3n) is 1.00. The van der Waals surface area contributed by atoms with Crippen LogP contribution in [0.5, 0.6) is 0 Å². The van der Waals surface area contributed by atoms with Crippen LogP contribution in [0.4, 0.5) is 5.82 Å². The van der Waals surface area contributed by atoms with Gasteiger partial charge in [-0.05, 0) is 11.5 Å².